The van der Waals surface area contributed by atoms with E-state index in [0.29, 0.717) is 22.6 Å². The van der Waals surface area contributed by atoms with E-state index in [2.05, 4.69) is 18.9 Å². The maximum atomic E-state index is 9.70. The largest absolute Gasteiger partial charge is 0.506 e. The Labute approximate surface area is 134 Å². The zero-order chi connectivity index (χ0) is 15.7. The summed E-state index contributed by atoms with van der Waals surface area (Å²) in [7, 11) is 1.82. The molecule has 0 bridgehead atoms. The first-order chi connectivity index (χ1) is 9.79. The lowest BCUT2D eigenvalue weighted by atomic mass is 10.0. The highest BCUT2D eigenvalue weighted by molar-refractivity contribution is 6.36. The van der Waals surface area contributed by atoms with Gasteiger partial charge < -0.3 is 9.84 Å². The molecule has 21 heavy (non-hydrogen) atoms. The van der Waals surface area contributed by atoms with Crippen LogP contribution in [0.4, 0.5) is 0 Å². The maximum absolute atomic E-state index is 9.70. The summed E-state index contributed by atoms with van der Waals surface area (Å²) in [5, 5.41) is 14.6. The van der Waals surface area contributed by atoms with Gasteiger partial charge in [-0.1, -0.05) is 37.0 Å². The summed E-state index contributed by atoms with van der Waals surface area (Å²) in [5.41, 5.74) is 1.97. The van der Waals surface area contributed by atoms with Gasteiger partial charge in [0, 0.05) is 18.7 Å². The molecule has 4 nitrogen and oxygen atoms in total. The Balaban J connectivity index is 2.42. The maximum Gasteiger partial charge on any atom is 0.221 e. The van der Waals surface area contributed by atoms with Crippen molar-refractivity contribution in [3.8, 4) is 17.4 Å². The quantitative estimate of drug-likeness (QED) is 0.882. The van der Waals surface area contributed by atoms with Crippen LogP contribution in [0.1, 0.15) is 25.1 Å². The number of hydrogen-bond acceptors (Lipinski definition) is 3. The predicted octanol–water partition coefficient (Wildman–Crippen LogP) is 4.73. The Kier molecular flexibility index (Phi) is 4.69. The zero-order valence-corrected chi connectivity index (χ0v) is 14.0. The molecule has 0 aliphatic rings. The molecule has 0 saturated heterocycles. The molecule has 0 atom stereocenters. The van der Waals surface area contributed by atoms with Gasteiger partial charge in [-0.05, 0) is 25.3 Å². The average molecular weight is 329 g/mol. The van der Waals surface area contributed by atoms with Crippen molar-refractivity contribution in [1.82, 2.24) is 9.78 Å². The van der Waals surface area contributed by atoms with Crippen LogP contribution in [0.15, 0.2) is 12.1 Å². The van der Waals surface area contributed by atoms with Gasteiger partial charge >= 0.3 is 0 Å². The second kappa shape index (κ2) is 6.16. The van der Waals surface area contributed by atoms with E-state index in [4.69, 9.17) is 27.9 Å². The van der Waals surface area contributed by atoms with Crippen LogP contribution in [0.5, 0.6) is 17.4 Å². The monoisotopic (exact) mass is 328 g/mol. The van der Waals surface area contributed by atoms with Crippen LogP contribution in [0.3, 0.4) is 0 Å². The van der Waals surface area contributed by atoms with E-state index in [1.807, 2.05) is 14.0 Å². The normalized spacial score (nSPS) is 11.2. The first-order valence-electron chi connectivity index (χ1n) is 6.68. The average Bonchev–Trinajstić information content (AvgIpc) is 2.62. The molecule has 0 spiro atoms. The molecular formula is C15H18Cl2N2O2. The minimum atomic E-state index is -0.0691. The number of aromatic hydroxyl groups is 1. The number of rotatable bonds is 4. The fourth-order valence-corrected chi connectivity index (χ4v) is 2.57. The third kappa shape index (κ3) is 3.44. The van der Waals surface area contributed by atoms with Crippen LogP contribution in [-0.2, 0) is 13.5 Å². The summed E-state index contributed by atoms with van der Waals surface area (Å²) in [6.07, 6.45) is 0.853. The van der Waals surface area contributed by atoms with Crippen molar-refractivity contribution >= 4 is 23.2 Å². The van der Waals surface area contributed by atoms with Gasteiger partial charge in [-0.25, -0.2) is 4.68 Å². The summed E-state index contributed by atoms with van der Waals surface area (Å²) in [5.74, 6) is 1.39. The summed E-state index contributed by atoms with van der Waals surface area (Å²) in [6, 6.07) is 2.87. The van der Waals surface area contributed by atoms with Gasteiger partial charge in [0.15, 0.2) is 5.75 Å². The number of phenols is 1. The van der Waals surface area contributed by atoms with Crippen LogP contribution >= 0.6 is 23.2 Å². The van der Waals surface area contributed by atoms with Crippen LogP contribution < -0.4 is 4.74 Å². The van der Waals surface area contributed by atoms with Gasteiger partial charge in [-0.2, -0.15) is 5.10 Å². The van der Waals surface area contributed by atoms with Gasteiger partial charge in [-0.15, -0.1) is 0 Å². The van der Waals surface area contributed by atoms with Gasteiger partial charge in [0.25, 0.3) is 0 Å². The molecule has 6 heteroatoms. The molecular weight excluding hydrogens is 311 g/mol. The Morgan fingerprint density at radius 2 is 1.95 bits per heavy atom. The van der Waals surface area contributed by atoms with E-state index in [1.54, 1.807) is 4.68 Å². The lowest BCUT2D eigenvalue weighted by Crippen LogP contribution is -2.00. The van der Waals surface area contributed by atoms with Crippen molar-refractivity contribution in [2.24, 2.45) is 13.0 Å². The molecule has 2 rings (SSSR count). The third-order valence-corrected chi connectivity index (χ3v) is 3.71. The van der Waals surface area contributed by atoms with Crippen LogP contribution in [0.25, 0.3) is 0 Å². The molecule has 0 unspecified atom stereocenters. The van der Waals surface area contributed by atoms with Crippen molar-refractivity contribution in [1.29, 1.82) is 0 Å². The third-order valence-electron chi connectivity index (χ3n) is 3.11. The molecule has 114 valence electrons. The van der Waals surface area contributed by atoms with Crippen LogP contribution in [-0.4, -0.2) is 14.9 Å². The fourth-order valence-electron chi connectivity index (χ4n) is 2.15. The number of hydrogen-bond donors (Lipinski definition) is 1. The molecule has 0 radical (unpaired) electrons. The summed E-state index contributed by atoms with van der Waals surface area (Å²) < 4.78 is 7.55. The van der Waals surface area contributed by atoms with E-state index in [9.17, 15) is 5.11 Å². The number of aryl methyl sites for hydroxylation is 2. The molecule has 0 aliphatic heterocycles. The van der Waals surface area contributed by atoms with E-state index < -0.39 is 0 Å². The van der Waals surface area contributed by atoms with E-state index in [1.165, 1.54) is 12.1 Å². The minimum absolute atomic E-state index is 0.0691. The Bertz CT molecular complexity index is 666. The first-order valence-corrected chi connectivity index (χ1v) is 7.43. The second-order valence-electron chi connectivity index (χ2n) is 5.43. The molecule has 0 saturated carbocycles. The highest BCUT2D eigenvalue weighted by Crippen LogP contribution is 2.38. The van der Waals surface area contributed by atoms with Crippen molar-refractivity contribution in [2.45, 2.75) is 27.2 Å². The molecule has 0 aliphatic carbocycles. The van der Waals surface area contributed by atoms with Crippen molar-refractivity contribution < 1.29 is 9.84 Å². The van der Waals surface area contributed by atoms with E-state index in [-0.39, 0.29) is 10.8 Å². The number of halogens is 2. The van der Waals surface area contributed by atoms with E-state index >= 15 is 0 Å². The second-order valence-corrected chi connectivity index (χ2v) is 6.24. The van der Waals surface area contributed by atoms with Gasteiger partial charge in [0.05, 0.1) is 15.7 Å². The first kappa shape index (κ1) is 16.0. The van der Waals surface area contributed by atoms with Crippen LogP contribution in [0, 0.1) is 12.8 Å². The van der Waals surface area contributed by atoms with E-state index in [0.717, 1.165) is 17.7 Å². The fraction of sp³-hybridized carbons (Fsp3) is 0.400. The number of ether oxygens (including phenoxy) is 1. The SMILES string of the molecule is Cc1nn(C)c(Oc2cc(O)c(Cl)cc2Cl)c1CC(C)C. The smallest absolute Gasteiger partial charge is 0.221 e. The molecule has 1 aromatic heterocycles. The highest BCUT2D eigenvalue weighted by Gasteiger charge is 2.18. The summed E-state index contributed by atoms with van der Waals surface area (Å²) >= 11 is 11.9. The lowest BCUT2D eigenvalue weighted by Gasteiger charge is -2.12. The topological polar surface area (TPSA) is 47.3 Å². The molecule has 1 N–H and O–H groups in total. The molecule has 0 amide bonds. The molecule has 1 aromatic carbocycles. The molecule has 0 fully saturated rings. The summed E-state index contributed by atoms with van der Waals surface area (Å²) in [4.78, 5) is 0. The van der Waals surface area contributed by atoms with Crippen LogP contribution in [0.2, 0.25) is 10.0 Å². The zero-order valence-electron chi connectivity index (χ0n) is 12.4. The van der Waals surface area contributed by atoms with Gasteiger partial charge in [-0.3, -0.25) is 0 Å². The number of benzene rings is 1. The Morgan fingerprint density at radius 1 is 1.29 bits per heavy atom. The van der Waals surface area contributed by atoms with Crippen molar-refractivity contribution in [2.75, 3.05) is 0 Å². The van der Waals surface area contributed by atoms with Gasteiger partial charge in [0.1, 0.15) is 5.75 Å². The lowest BCUT2D eigenvalue weighted by molar-refractivity contribution is 0.416. The molecule has 2 aromatic rings. The van der Waals surface area contributed by atoms with Crippen molar-refractivity contribution in [3.05, 3.63) is 33.4 Å². The number of phenolic OH excluding ortho intramolecular Hbond substituents is 1. The summed E-state index contributed by atoms with van der Waals surface area (Å²) in [6.45, 7) is 6.22. The van der Waals surface area contributed by atoms with Crippen molar-refractivity contribution in [3.63, 3.8) is 0 Å². The Hall–Kier alpha value is -1.39. The van der Waals surface area contributed by atoms with Gasteiger partial charge in [0.2, 0.25) is 5.88 Å². The highest BCUT2D eigenvalue weighted by atomic mass is 35.5. The predicted molar refractivity (Wildman–Crippen MR) is 84.7 cm³/mol. The standard InChI is InChI=1S/C15H18Cl2N2O2/c1-8(2)5-10-9(3)18-19(4)15(10)21-14-7-13(20)11(16)6-12(14)17/h6-8,20H,5H2,1-4H3. The Morgan fingerprint density at radius 3 is 2.57 bits per heavy atom. The number of aromatic nitrogens is 2. The minimum Gasteiger partial charge on any atom is -0.506 e. The molecule has 1 heterocycles. The number of nitrogens with zero attached hydrogens (tertiary/aromatic N) is 2.